The summed E-state index contributed by atoms with van der Waals surface area (Å²) in [6.45, 7) is 0.446. The molecule has 2 heterocycles. The number of benzene rings is 1. The van der Waals surface area contributed by atoms with Crippen molar-refractivity contribution in [3.05, 3.63) is 81.8 Å². The van der Waals surface area contributed by atoms with Gasteiger partial charge in [0.25, 0.3) is 0 Å². The Hall–Kier alpha value is -2.04. The second-order valence-electron chi connectivity index (χ2n) is 5.23. The highest BCUT2D eigenvalue weighted by Gasteiger charge is 2.18. The van der Waals surface area contributed by atoms with Gasteiger partial charge in [-0.25, -0.2) is 0 Å². The maximum absolute atomic E-state index is 12.4. The van der Waals surface area contributed by atoms with Crippen LogP contribution in [-0.2, 0) is 11.3 Å². The summed E-state index contributed by atoms with van der Waals surface area (Å²) in [6.07, 6.45) is 4.39. The van der Waals surface area contributed by atoms with Crippen molar-refractivity contribution in [3.63, 3.8) is 0 Å². The second kappa shape index (κ2) is 7.49. The highest BCUT2D eigenvalue weighted by Crippen LogP contribution is 2.26. The third kappa shape index (κ3) is 4.03. The van der Waals surface area contributed by atoms with Crippen molar-refractivity contribution in [3.8, 4) is 0 Å². The van der Waals surface area contributed by atoms with Gasteiger partial charge in [-0.05, 0) is 35.2 Å². The minimum atomic E-state index is 0.0111. The summed E-state index contributed by atoms with van der Waals surface area (Å²) in [5.74, 6) is 0.0111. The molecule has 0 saturated heterocycles. The third-order valence-electron chi connectivity index (χ3n) is 3.67. The van der Waals surface area contributed by atoms with Gasteiger partial charge in [0.1, 0.15) is 0 Å². The van der Waals surface area contributed by atoms with Gasteiger partial charge >= 0.3 is 0 Å². The van der Waals surface area contributed by atoms with E-state index in [4.69, 9.17) is 11.6 Å². The Kier molecular flexibility index (Phi) is 5.16. The molecule has 0 spiro atoms. The molecule has 0 unspecified atom stereocenters. The van der Waals surface area contributed by atoms with Gasteiger partial charge in [0.2, 0.25) is 5.91 Å². The molecule has 23 heavy (non-hydrogen) atoms. The Bertz CT molecular complexity index is 719. The lowest BCUT2D eigenvalue weighted by molar-refractivity contribution is -0.121. The first kappa shape index (κ1) is 15.8. The molecule has 0 aliphatic rings. The SMILES string of the molecule is O=C(C[C@H](c1cccs1)n1cccc1)NCc1ccccc1Cl. The topological polar surface area (TPSA) is 34.0 Å². The summed E-state index contributed by atoms with van der Waals surface area (Å²) in [5.41, 5.74) is 0.927. The van der Waals surface area contributed by atoms with Gasteiger partial charge in [0.15, 0.2) is 0 Å². The summed E-state index contributed by atoms with van der Waals surface area (Å²) in [6, 6.07) is 15.6. The first-order valence-corrected chi connectivity index (χ1v) is 8.66. The first-order valence-electron chi connectivity index (χ1n) is 7.40. The van der Waals surface area contributed by atoms with E-state index in [0.717, 1.165) is 5.56 Å². The van der Waals surface area contributed by atoms with E-state index in [9.17, 15) is 4.79 Å². The van der Waals surface area contributed by atoms with E-state index in [2.05, 4.69) is 16.0 Å². The fourth-order valence-corrected chi connectivity index (χ4v) is 3.51. The van der Waals surface area contributed by atoms with Crippen molar-refractivity contribution in [2.24, 2.45) is 0 Å². The number of halogens is 1. The predicted octanol–water partition coefficient (Wildman–Crippen LogP) is 4.50. The van der Waals surface area contributed by atoms with Gasteiger partial charge in [-0.3, -0.25) is 4.79 Å². The van der Waals surface area contributed by atoms with Gasteiger partial charge in [-0.15, -0.1) is 11.3 Å². The summed E-state index contributed by atoms with van der Waals surface area (Å²) >= 11 is 7.79. The van der Waals surface area contributed by atoms with Crippen LogP contribution in [0.2, 0.25) is 5.02 Å². The molecule has 0 aliphatic heterocycles. The Labute approximate surface area is 144 Å². The van der Waals surface area contributed by atoms with E-state index in [1.54, 1.807) is 11.3 Å². The first-order chi connectivity index (χ1) is 11.2. The monoisotopic (exact) mass is 344 g/mol. The normalized spacial score (nSPS) is 12.0. The van der Waals surface area contributed by atoms with Gasteiger partial charge in [-0.2, -0.15) is 0 Å². The predicted molar refractivity (Wildman–Crippen MR) is 94.8 cm³/mol. The number of aromatic nitrogens is 1. The largest absolute Gasteiger partial charge is 0.352 e. The van der Waals surface area contributed by atoms with Crippen LogP contribution in [0, 0.1) is 0 Å². The highest BCUT2D eigenvalue weighted by atomic mass is 35.5. The van der Waals surface area contributed by atoms with Crippen molar-refractivity contribution >= 4 is 28.8 Å². The molecule has 0 bridgehead atoms. The van der Waals surface area contributed by atoms with Crippen LogP contribution in [0.4, 0.5) is 0 Å². The zero-order chi connectivity index (χ0) is 16.1. The number of hydrogen-bond donors (Lipinski definition) is 1. The number of hydrogen-bond acceptors (Lipinski definition) is 2. The van der Waals surface area contributed by atoms with E-state index in [-0.39, 0.29) is 11.9 Å². The van der Waals surface area contributed by atoms with Crippen LogP contribution in [0.3, 0.4) is 0 Å². The van der Waals surface area contributed by atoms with Gasteiger partial charge in [-0.1, -0.05) is 35.9 Å². The fourth-order valence-electron chi connectivity index (χ4n) is 2.47. The Morgan fingerprint density at radius 2 is 1.91 bits per heavy atom. The molecule has 5 heteroatoms. The van der Waals surface area contributed by atoms with Gasteiger partial charge < -0.3 is 9.88 Å². The fraction of sp³-hybridized carbons (Fsp3) is 0.167. The van der Waals surface area contributed by atoms with Crippen molar-refractivity contribution in [2.75, 3.05) is 0 Å². The zero-order valence-electron chi connectivity index (χ0n) is 12.5. The Morgan fingerprint density at radius 1 is 1.13 bits per heavy atom. The highest BCUT2D eigenvalue weighted by molar-refractivity contribution is 7.10. The average Bonchev–Trinajstić information content (AvgIpc) is 3.25. The number of amides is 1. The molecule has 0 radical (unpaired) electrons. The van der Waals surface area contributed by atoms with Crippen molar-refractivity contribution in [1.82, 2.24) is 9.88 Å². The molecule has 1 atom stereocenters. The van der Waals surface area contributed by atoms with Gasteiger partial charge in [0.05, 0.1) is 12.5 Å². The van der Waals surface area contributed by atoms with Crippen LogP contribution < -0.4 is 5.32 Å². The molecule has 2 aromatic heterocycles. The van der Waals surface area contributed by atoms with E-state index >= 15 is 0 Å². The van der Waals surface area contributed by atoms with E-state index in [0.29, 0.717) is 18.0 Å². The Morgan fingerprint density at radius 3 is 2.61 bits per heavy atom. The lowest BCUT2D eigenvalue weighted by Crippen LogP contribution is -2.26. The maximum Gasteiger partial charge on any atom is 0.222 e. The smallest absolute Gasteiger partial charge is 0.222 e. The van der Waals surface area contributed by atoms with E-state index in [1.165, 1.54) is 4.88 Å². The van der Waals surface area contributed by atoms with Crippen LogP contribution in [0.25, 0.3) is 0 Å². The summed E-state index contributed by atoms with van der Waals surface area (Å²) in [5, 5.41) is 5.67. The summed E-state index contributed by atoms with van der Waals surface area (Å²) in [4.78, 5) is 13.5. The van der Waals surface area contributed by atoms with Crippen LogP contribution in [0.15, 0.2) is 66.3 Å². The molecule has 0 aliphatic carbocycles. The minimum absolute atomic E-state index is 0.0111. The van der Waals surface area contributed by atoms with E-state index in [1.807, 2.05) is 60.2 Å². The molecule has 3 nitrogen and oxygen atoms in total. The minimum Gasteiger partial charge on any atom is -0.352 e. The Balaban J connectivity index is 1.66. The molecule has 1 amide bonds. The molecule has 3 aromatic rings. The lowest BCUT2D eigenvalue weighted by atomic mass is 10.1. The molecular weight excluding hydrogens is 328 g/mol. The molecule has 0 fully saturated rings. The van der Waals surface area contributed by atoms with Crippen LogP contribution in [-0.4, -0.2) is 10.5 Å². The molecule has 1 N–H and O–H groups in total. The van der Waals surface area contributed by atoms with Crippen molar-refractivity contribution < 1.29 is 4.79 Å². The molecule has 3 rings (SSSR count). The maximum atomic E-state index is 12.4. The number of thiophene rings is 1. The van der Waals surface area contributed by atoms with Gasteiger partial charge in [0, 0.05) is 28.8 Å². The van der Waals surface area contributed by atoms with Crippen LogP contribution in [0.1, 0.15) is 22.9 Å². The van der Waals surface area contributed by atoms with E-state index < -0.39 is 0 Å². The van der Waals surface area contributed by atoms with Crippen LogP contribution >= 0.6 is 22.9 Å². The quantitative estimate of drug-likeness (QED) is 0.702. The average molecular weight is 345 g/mol. The summed E-state index contributed by atoms with van der Waals surface area (Å²) < 4.78 is 2.07. The number of nitrogens with one attached hydrogen (secondary N) is 1. The number of carbonyl (C=O) groups excluding carboxylic acids is 1. The number of nitrogens with zero attached hydrogens (tertiary/aromatic N) is 1. The molecular formula is C18H17ClN2OS. The lowest BCUT2D eigenvalue weighted by Gasteiger charge is -2.17. The molecule has 0 saturated carbocycles. The molecule has 118 valence electrons. The number of carbonyl (C=O) groups is 1. The number of rotatable bonds is 6. The zero-order valence-corrected chi connectivity index (χ0v) is 14.1. The van der Waals surface area contributed by atoms with Crippen molar-refractivity contribution in [2.45, 2.75) is 19.0 Å². The second-order valence-corrected chi connectivity index (χ2v) is 6.62. The standard InChI is InChI=1S/C18H17ClN2OS/c19-15-7-2-1-6-14(15)13-20-18(22)12-16(17-8-5-11-23-17)21-9-3-4-10-21/h1-11,16H,12-13H2,(H,20,22)/t16-/m1/s1. The molecule has 1 aromatic carbocycles. The van der Waals surface area contributed by atoms with Crippen LogP contribution in [0.5, 0.6) is 0 Å². The van der Waals surface area contributed by atoms with Crippen molar-refractivity contribution in [1.29, 1.82) is 0 Å². The summed E-state index contributed by atoms with van der Waals surface area (Å²) in [7, 11) is 0. The third-order valence-corrected chi connectivity index (χ3v) is 5.01.